The van der Waals surface area contributed by atoms with Crippen molar-refractivity contribution in [2.45, 2.75) is 19.6 Å². The lowest BCUT2D eigenvalue weighted by Gasteiger charge is -2.26. The van der Waals surface area contributed by atoms with Gasteiger partial charge >= 0.3 is 0 Å². The molecule has 1 aliphatic rings. The first-order chi connectivity index (χ1) is 14.2. The Morgan fingerprint density at radius 3 is 2.69 bits per heavy atom. The van der Waals surface area contributed by atoms with E-state index in [1.165, 1.54) is 6.07 Å². The highest BCUT2D eigenvalue weighted by Gasteiger charge is 2.12. The molecule has 1 heterocycles. The zero-order chi connectivity index (χ0) is 20.5. The molecule has 1 N–H and O–H groups in total. The number of hydrogen-bond donors (Lipinski definition) is 1. The summed E-state index contributed by atoms with van der Waals surface area (Å²) in [7, 11) is 1.61. The molecule has 0 amide bonds. The van der Waals surface area contributed by atoms with Crippen molar-refractivity contribution in [1.29, 1.82) is 0 Å². The van der Waals surface area contributed by atoms with Gasteiger partial charge in [0.15, 0.2) is 11.5 Å². The van der Waals surface area contributed by atoms with Crippen LogP contribution in [0.1, 0.15) is 17.5 Å². The van der Waals surface area contributed by atoms with E-state index in [9.17, 15) is 4.39 Å². The van der Waals surface area contributed by atoms with E-state index in [0.29, 0.717) is 17.1 Å². The molecule has 2 aromatic carbocycles. The lowest BCUT2D eigenvalue weighted by atomic mass is 10.2. The van der Waals surface area contributed by atoms with Crippen molar-refractivity contribution < 1.29 is 18.6 Å². The molecular weight excluding hydrogens is 439 g/mol. The molecule has 1 fully saturated rings. The second kappa shape index (κ2) is 11.5. The molecule has 7 heteroatoms. The van der Waals surface area contributed by atoms with E-state index in [-0.39, 0.29) is 12.4 Å². The van der Waals surface area contributed by atoms with Gasteiger partial charge in [0.25, 0.3) is 0 Å². The second-order valence-corrected chi connectivity index (χ2v) is 7.81. The van der Waals surface area contributed by atoms with Gasteiger partial charge in [-0.25, -0.2) is 4.39 Å². The van der Waals surface area contributed by atoms with Crippen LogP contribution in [0.4, 0.5) is 4.39 Å². The topological polar surface area (TPSA) is 43.0 Å². The van der Waals surface area contributed by atoms with Crippen LogP contribution in [0.15, 0.2) is 40.9 Å². The molecule has 0 aliphatic carbocycles. The molecule has 1 aliphatic heterocycles. The predicted octanol–water partition coefficient (Wildman–Crippen LogP) is 3.99. The number of halogens is 2. The molecule has 3 rings (SSSR count). The van der Waals surface area contributed by atoms with Crippen LogP contribution in [-0.2, 0) is 17.9 Å². The van der Waals surface area contributed by atoms with Gasteiger partial charge in [0.05, 0.1) is 20.3 Å². The monoisotopic (exact) mass is 466 g/mol. The molecule has 0 atom stereocenters. The maximum Gasteiger partial charge on any atom is 0.162 e. The van der Waals surface area contributed by atoms with Gasteiger partial charge in [-0.15, -0.1) is 0 Å². The average molecular weight is 467 g/mol. The minimum atomic E-state index is -0.275. The van der Waals surface area contributed by atoms with Gasteiger partial charge in [0, 0.05) is 29.7 Å². The van der Waals surface area contributed by atoms with E-state index < -0.39 is 0 Å². The molecular formula is C22H28BrFN2O3. The Morgan fingerprint density at radius 1 is 1.14 bits per heavy atom. The largest absolute Gasteiger partial charge is 0.493 e. The number of rotatable bonds is 10. The summed E-state index contributed by atoms with van der Waals surface area (Å²) in [5, 5.41) is 3.48. The summed E-state index contributed by atoms with van der Waals surface area (Å²) in [5.41, 5.74) is 1.60. The molecule has 0 saturated carbocycles. The zero-order valence-corrected chi connectivity index (χ0v) is 18.3. The molecule has 0 bridgehead atoms. The van der Waals surface area contributed by atoms with Crippen LogP contribution < -0.4 is 14.8 Å². The summed E-state index contributed by atoms with van der Waals surface area (Å²) >= 11 is 3.61. The van der Waals surface area contributed by atoms with E-state index in [2.05, 4.69) is 26.1 Å². The Labute approximate surface area is 180 Å². The van der Waals surface area contributed by atoms with E-state index in [4.69, 9.17) is 14.2 Å². The Balaban J connectivity index is 1.50. The third-order valence-corrected chi connectivity index (χ3v) is 5.66. The lowest BCUT2D eigenvalue weighted by Crippen LogP contribution is -2.37. The number of benzene rings is 2. The summed E-state index contributed by atoms with van der Waals surface area (Å²) in [5.74, 6) is 0.941. The molecule has 0 unspecified atom stereocenters. The number of nitrogens with one attached hydrogen (secondary N) is 1. The second-order valence-electron chi connectivity index (χ2n) is 6.96. The highest BCUT2D eigenvalue weighted by molar-refractivity contribution is 9.10. The Hall–Kier alpha value is -1.67. The number of methoxy groups -OCH3 is 1. The van der Waals surface area contributed by atoms with Gasteiger partial charge in [-0.05, 0) is 43.3 Å². The first-order valence-electron chi connectivity index (χ1n) is 9.91. The van der Waals surface area contributed by atoms with Crippen molar-refractivity contribution in [2.75, 3.05) is 46.5 Å². The minimum absolute atomic E-state index is 0.147. The fourth-order valence-corrected chi connectivity index (χ4v) is 3.69. The summed E-state index contributed by atoms with van der Waals surface area (Å²) in [4.78, 5) is 2.44. The summed E-state index contributed by atoms with van der Waals surface area (Å²) in [6, 6.07) is 10.4. The van der Waals surface area contributed by atoms with Gasteiger partial charge in [0.2, 0.25) is 0 Å². The maximum absolute atomic E-state index is 13.8. The van der Waals surface area contributed by atoms with Crippen molar-refractivity contribution in [2.24, 2.45) is 0 Å². The maximum atomic E-state index is 13.8. The highest BCUT2D eigenvalue weighted by Crippen LogP contribution is 2.34. The molecule has 0 spiro atoms. The van der Waals surface area contributed by atoms with Gasteiger partial charge in [-0.1, -0.05) is 34.1 Å². The van der Waals surface area contributed by atoms with Crippen molar-refractivity contribution in [3.05, 3.63) is 57.8 Å². The van der Waals surface area contributed by atoms with Crippen LogP contribution in [0.5, 0.6) is 11.5 Å². The number of ether oxygens (including phenoxy) is 3. The molecule has 5 nitrogen and oxygen atoms in total. The van der Waals surface area contributed by atoms with Crippen LogP contribution in [0.3, 0.4) is 0 Å². The average Bonchev–Trinajstić information content (AvgIpc) is 2.74. The molecule has 29 heavy (non-hydrogen) atoms. The Morgan fingerprint density at radius 2 is 1.93 bits per heavy atom. The molecule has 2 aromatic rings. The first-order valence-corrected chi connectivity index (χ1v) is 10.7. The third-order valence-electron chi connectivity index (χ3n) is 4.92. The zero-order valence-electron chi connectivity index (χ0n) is 16.8. The minimum Gasteiger partial charge on any atom is -0.493 e. The fourth-order valence-electron chi connectivity index (χ4n) is 3.23. The lowest BCUT2D eigenvalue weighted by molar-refractivity contribution is 0.0374. The van der Waals surface area contributed by atoms with E-state index in [0.717, 1.165) is 62.4 Å². The van der Waals surface area contributed by atoms with Gasteiger partial charge in [-0.3, -0.25) is 4.90 Å². The van der Waals surface area contributed by atoms with E-state index in [1.54, 1.807) is 25.3 Å². The quantitative estimate of drug-likeness (QED) is 0.536. The van der Waals surface area contributed by atoms with Crippen LogP contribution in [-0.4, -0.2) is 51.4 Å². The molecule has 0 aromatic heterocycles. The molecule has 158 valence electrons. The highest BCUT2D eigenvalue weighted by atomic mass is 79.9. The smallest absolute Gasteiger partial charge is 0.162 e. The summed E-state index contributed by atoms with van der Waals surface area (Å²) in [6.07, 6.45) is 1.10. The fraction of sp³-hybridized carbons (Fsp3) is 0.455. The SMILES string of the molecule is COc1cc(CNCCCN2CCOCC2)c(Br)cc1OCc1ccccc1F. The van der Waals surface area contributed by atoms with E-state index in [1.807, 2.05) is 12.1 Å². The van der Waals surface area contributed by atoms with Crippen molar-refractivity contribution in [3.8, 4) is 11.5 Å². The summed E-state index contributed by atoms with van der Waals surface area (Å²) < 4.78 is 31.4. The van der Waals surface area contributed by atoms with Crippen LogP contribution >= 0.6 is 15.9 Å². The Kier molecular flexibility index (Phi) is 8.73. The van der Waals surface area contributed by atoms with Crippen molar-refractivity contribution >= 4 is 15.9 Å². The third kappa shape index (κ3) is 6.67. The number of nitrogens with zero attached hydrogens (tertiary/aromatic N) is 1. The first kappa shape index (κ1) is 22.0. The Bertz CT molecular complexity index is 785. The van der Waals surface area contributed by atoms with Crippen LogP contribution in [0, 0.1) is 5.82 Å². The van der Waals surface area contributed by atoms with Gasteiger partial charge in [0.1, 0.15) is 12.4 Å². The molecule has 1 saturated heterocycles. The van der Waals surface area contributed by atoms with E-state index >= 15 is 0 Å². The number of hydrogen-bond acceptors (Lipinski definition) is 5. The standard InChI is InChI=1S/C22H28BrFN2O3/c1-27-21-13-18(15-25-7-4-8-26-9-11-28-12-10-26)19(23)14-22(21)29-16-17-5-2-3-6-20(17)24/h2-3,5-6,13-14,25H,4,7-12,15-16H2,1H3. The summed E-state index contributed by atoms with van der Waals surface area (Å²) in [6.45, 7) is 6.63. The van der Waals surface area contributed by atoms with Gasteiger partial charge < -0.3 is 19.5 Å². The van der Waals surface area contributed by atoms with Gasteiger partial charge in [-0.2, -0.15) is 0 Å². The van der Waals surface area contributed by atoms with Crippen molar-refractivity contribution in [1.82, 2.24) is 10.2 Å². The van der Waals surface area contributed by atoms with Crippen LogP contribution in [0.2, 0.25) is 0 Å². The van der Waals surface area contributed by atoms with Crippen molar-refractivity contribution in [3.63, 3.8) is 0 Å². The normalized spacial score (nSPS) is 14.7. The van der Waals surface area contributed by atoms with Crippen LogP contribution in [0.25, 0.3) is 0 Å². The predicted molar refractivity (Wildman–Crippen MR) is 115 cm³/mol. The molecule has 0 radical (unpaired) electrons. The number of morpholine rings is 1.